The van der Waals surface area contributed by atoms with Gasteiger partial charge in [-0.05, 0) is 21.5 Å². The van der Waals surface area contributed by atoms with Gasteiger partial charge in [0, 0.05) is 0 Å². The van der Waals surface area contributed by atoms with E-state index in [4.69, 9.17) is 23.2 Å². The van der Waals surface area contributed by atoms with Gasteiger partial charge in [-0.25, -0.2) is 8.78 Å². The van der Waals surface area contributed by atoms with Crippen molar-refractivity contribution in [3.8, 4) is 0 Å². The van der Waals surface area contributed by atoms with Gasteiger partial charge in [0.05, 0.1) is 10.6 Å². The molecule has 0 fully saturated rings. The summed E-state index contributed by atoms with van der Waals surface area (Å²) in [5, 5.41) is 8.67. The van der Waals surface area contributed by atoms with E-state index in [1.165, 1.54) is 0 Å². The van der Waals surface area contributed by atoms with Gasteiger partial charge in [0.15, 0.2) is 6.20 Å². The van der Waals surface area contributed by atoms with Crippen LogP contribution in [-0.2, 0) is 0 Å². The summed E-state index contributed by atoms with van der Waals surface area (Å²) in [5.41, 5.74) is -1.96. The fourth-order valence-electron chi connectivity index (χ4n) is 1.04. The van der Waals surface area contributed by atoms with E-state index in [1.54, 1.807) is 0 Å². The van der Waals surface area contributed by atoms with E-state index in [1.807, 2.05) is 0 Å². The number of hydrogen-bond acceptors (Lipinski definition) is 4. The summed E-state index contributed by atoms with van der Waals surface area (Å²) in [5.74, 6) is -1.14. The molecule has 9 heteroatoms. The molecule has 0 aliphatic rings. The second kappa shape index (κ2) is 4.67. The van der Waals surface area contributed by atoms with Gasteiger partial charge in [0.25, 0.3) is 11.7 Å². The van der Waals surface area contributed by atoms with E-state index in [-0.39, 0.29) is 0 Å². The minimum atomic E-state index is -3.27. The van der Waals surface area contributed by atoms with Crippen molar-refractivity contribution in [2.75, 3.05) is 0 Å². The van der Waals surface area contributed by atoms with E-state index in [9.17, 15) is 23.7 Å². The standard InChI is InChI=1S/C7H2Cl2F2N2O3/c8-2-1-12-7(13(15)16)4(6(10)11)3(2)5(9)14/h1,6H. The molecule has 1 rings (SSSR count). The number of alkyl halides is 2. The molecule has 0 N–H and O–H groups in total. The molecule has 86 valence electrons. The Kier molecular flexibility index (Phi) is 3.71. The van der Waals surface area contributed by atoms with Gasteiger partial charge in [0.1, 0.15) is 5.56 Å². The fourth-order valence-corrected chi connectivity index (χ4v) is 1.53. The van der Waals surface area contributed by atoms with Crippen molar-refractivity contribution in [3.05, 3.63) is 32.5 Å². The number of aromatic nitrogens is 1. The summed E-state index contributed by atoms with van der Waals surface area (Å²) in [6.07, 6.45) is -2.55. The Morgan fingerprint density at radius 2 is 2.12 bits per heavy atom. The molecule has 0 aliphatic carbocycles. The Balaban J connectivity index is 3.63. The van der Waals surface area contributed by atoms with Crippen LogP contribution in [0, 0.1) is 10.1 Å². The van der Waals surface area contributed by atoms with Gasteiger partial charge < -0.3 is 10.1 Å². The predicted molar refractivity (Wildman–Crippen MR) is 51.0 cm³/mol. The number of pyridine rings is 1. The third-order valence-electron chi connectivity index (χ3n) is 1.64. The van der Waals surface area contributed by atoms with E-state index >= 15 is 0 Å². The normalized spacial score (nSPS) is 10.6. The SMILES string of the molecule is O=C(Cl)c1c(Cl)cnc([N+](=O)[O-])c1C(F)F. The smallest absolute Gasteiger partial charge is 0.358 e. The Hall–Kier alpha value is -1.34. The molecule has 0 saturated carbocycles. The molecule has 0 aliphatic heterocycles. The highest BCUT2D eigenvalue weighted by Gasteiger charge is 2.31. The average molecular weight is 271 g/mol. The Morgan fingerprint density at radius 3 is 2.50 bits per heavy atom. The topological polar surface area (TPSA) is 73.1 Å². The maximum atomic E-state index is 12.6. The number of carbonyl (C=O) groups excluding carboxylic acids is 1. The van der Waals surface area contributed by atoms with Crippen molar-refractivity contribution in [1.29, 1.82) is 0 Å². The molecular formula is C7H2Cl2F2N2O3. The lowest BCUT2D eigenvalue weighted by molar-refractivity contribution is -0.391. The maximum absolute atomic E-state index is 12.6. The third-order valence-corrected chi connectivity index (χ3v) is 2.11. The predicted octanol–water partition coefficient (Wildman–Crippen LogP) is 2.96. The monoisotopic (exact) mass is 270 g/mol. The third kappa shape index (κ3) is 2.25. The van der Waals surface area contributed by atoms with Gasteiger partial charge in [-0.15, -0.1) is 0 Å². The molecule has 1 aromatic heterocycles. The van der Waals surface area contributed by atoms with Crippen molar-refractivity contribution in [1.82, 2.24) is 4.98 Å². The van der Waals surface area contributed by atoms with Crippen LogP contribution in [-0.4, -0.2) is 15.1 Å². The van der Waals surface area contributed by atoms with Crippen LogP contribution in [0.15, 0.2) is 6.20 Å². The number of hydrogen-bond donors (Lipinski definition) is 0. The Bertz CT molecular complexity index is 467. The summed E-state index contributed by atoms with van der Waals surface area (Å²) in [6, 6.07) is 0. The lowest BCUT2D eigenvalue weighted by atomic mass is 10.1. The molecule has 16 heavy (non-hydrogen) atoms. The first-order chi connectivity index (χ1) is 7.36. The molecule has 0 amide bonds. The van der Waals surface area contributed by atoms with E-state index in [0.717, 1.165) is 6.20 Å². The summed E-state index contributed by atoms with van der Waals surface area (Å²) >= 11 is 10.4. The maximum Gasteiger partial charge on any atom is 0.373 e. The lowest BCUT2D eigenvalue weighted by Gasteiger charge is -2.06. The summed E-state index contributed by atoms with van der Waals surface area (Å²) in [7, 11) is 0. The van der Waals surface area contributed by atoms with Crippen LogP contribution in [0.3, 0.4) is 0 Å². The van der Waals surface area contributed by atoms with Crippen molar-refractivity contribution in [2.24, 2.45) is 0 Å². The summed E-state index contributed by atoms with van der Waals surface area (Å²) < 4.78 is 25.1. The molecule has 1 heterocycles. The summed E-state index contributed by atoms with van der Waals surface area (Å²) in [6.45, 7) is 0. The van der Waals surface area contributed by atoms with E-state index in [0.29, 0.717) is 0 Å². The van der Waals surface area contributed by atoms with E-state index in [2.05, 4.69) is 4.98 Å². The first-order valence-corrected chi connectivity index (χ1v) is 4.42. The molecule has 0 saturated heterocycles. The Morgan fingerprint density at radius 1 is 1.56 bits per heavy atom. The zero-order valence-electron chi connectivity index (χ0n) is 7.29. The zero-order valence-corrected chi connectivity index (χ0v) is 8.80. The highest BCUT2D eigenvalue weighted by Crippen LogP contribution is 2.34. The van der Waals surface area contributed by atoms with Crippen molar-refractivity contribution >= 4 is 34.3 Å². The zero-order chi connectivity index (χ0) is 12.5. The first-order valence-electron chi connectivity index (χ1n) is 3.67. The van der Waals surface area contributed by atoms with Crippen LogP contribution >= 0.6 is 23.2 Å². The number of carbonyl (C=O) groups is 1. The lowest BCUT2D eigenvalue weighted by Crippen LogP contribution is -2.06. The second-order valence-electron chi connectivity index (χ2n) is 2.55. The molecule has 0 bridgehead atoms. The fraction of sp³-hybridized carbons (Fsp3) is 0.143. The summed E-state index contributed by atoms with van der Waals surface area (Å²) in [4.78, 5) is 23.3. The van der Waals surface area contributed by atoms with Crippen molar-refractivity contribution in [3.63, 3.8) is 0 Å². The van der Waals surface area contributed by atoms with Crippen LogP contribution in [0.5, 0.6) is 0 Å². The number of rotatable bonds is 3. The van der Waals surface area contributed by atoms with Crippen LogP contribution in [0.1, 0.15) is 22.3 Å². The number of nitrogens with zero attached hydrogens (tertiary/aromatic N) is 2. The van der Waals surface area contributed by atoms with Gasteiger partial charge in [-0.2, -0.15) is 0 Å². The quantitative estimate of drug-likeness (QED) is 0.481. The van der Waals surface area contributed by atoms with E-state index < -0.39 is 38.6 Å². The molecule has 5 nitrogen and oxygen atoms in total. The van der Waals surface area contributed by atoms with Gasteiger partial charge in [-0.3, -0.25) is 4.79 Å². The first kappa shape index (κ1) is 12.7. The second-order valence-corrected chi connectivity index (χ2v) is 3.30. The van der Waals surface area contributed by atoms with Gasteiger partial charge in [0.2, 0.25) is 0 Å². The molecule has 0 radical (unpaired) electrons. The molecule has 0 atom stereocenters. The van der Waals surface area contributed by atoms with Gasteiger partial charge >= 0.3 is 5.82 Å². The molecule has 0 aromatic carbocycles. The van der Waals surface area contributed by atoms with Crippen LogP contribution in [0.25, 0.3) is 0 Å². The highest BCUT2D eigenvalue weighted by atomic mass is 35.5. The van der Waals surface area contributed by atoms with Crippen LogP contribution in [0.4, 0.5) is 14.6 Å². The van der Waals surface area contributed by atoms with Crippen LogP contribution < -0.4 is 0 Å². The van der Waals surface area contributed by atoms with Gasteiger partial charge in [-0.1, -0.05) is 11.6 Å². The molecule has 0 unspecified atom stereocenters. The Labute approximate surface area is 97.1 Å². The highest BCUT2D eigenvalue weighted by molar-refractivity contribution is 6.69. The largest absolute Gasteiger partial charge is 0.373 e. The molecule has 1 aromatic rings. The minimum absolute atomic E-state index is 0.457. The average Bonchev–Trinajstić information content (AvgIpc) is 2.15. The number of halogens is 4. The van der Waals surface area contributed by atoms with Crippen LogP contribution in [0.2, 0.25) is 5.02 Å². The minimum Gasteiger partial charge on any atom is -0.358 e. The van der Waals surface area contributed by atoms with Crippen molar-refractivity contribution < 1.29 is 18.5 Å². The molecule has 0 spiro atoms. The number of nitro groups is 1. The molecular weight excluding hydrogens is 269 g/mol. The van der Waals surface area contributed by atoms with Crippen molar-refractivity contribution in [2.45, 2.75) is 6.43 Å².